The Morgan fingerprint density at radius 3 is 2.33 bits per heavy atom. The quantitative estimate of drug-likeness (QED) is 0.495. The molecule has 0 amide bonds. The molecule has 0 N–H and O–H groups in total. The summed E-state index contributed by atoms with van der Waals surface area (Å²) in [6.07, 6.45) is 0.736. The number of aldehydes is 1. The predicted octanol–water partition coefficient (Wildman–Crippen LogP) is 3.48. The highest BCUT2D eigenvalue weighted by Crippen LogP contribution is 2.19. The number of hydrogen-bond donors (Lipinski definition) is 0. The lowest BCUT2D eigenvalue weighted by molar-refractivity contribution is 0.0734. The molecular weight excluding hydrogens is 296 g/mol. The van der Waals surface area contributed by atoms with Gasteiger partial charge in [-0.15, -0.1) is 0 Å². The molecule has 2 aromatic carbocycles. The third-order valence-corrected chi connectivity index (χ3v) is 3.01. The molecule has 0 bridgehead atoms. The zero-order valence-corrected chi connectivity index (χ0v) is 10.9. The second-order valence-corrected chi connectivity index (χ2v) is 4.41. The fraction of sp³-hybridized carbons (Fsp3) is 0. The number of esters is 1. The summed E-state index contributed by atoms with van der Waals surface area (Å²) in [4.78, 5) is 22.4. The van der Waals surface area contributed by atoms with Crippen LogP contribution in [0.2, 0.25) is 0 Å². The van der Waals surface area contributed by atoms with E-state index in [9.17, 15) is 9.59 Å². The number of rotatable bonds is 3. The van der Waals surface area contributed by atoms with Gasteiger partial charge in [-0.25, -0.2) is 4.79 Å². The van der Waals surface area contributed by atoms with Crippen molar-refractivity contribution in [2.75, 3.05) is 0 Å². The molecule has 0 aliphatic heterocycles. The molecule has 0 spiro atoms. The van der Waals surface area contributed by atoms with Gasteiger partial charge in [-0.05, 0) is 52.3 Å². The van der Waals surface area contributed by atoms with E-state index >= 15 is 0 Å². The first-order chi connectivity index (χ1) is 8.70. The first kappa shape index (κ1) is 12.5. The SMILES string of the molecule is O=Cc1ccc(OC(=O)c2ccccc2Br)cc1. The normalized spacial score (nSPS) is 9.83. The van der Waals surface area contributed by atoms with Crippen molar-refractivity contribution in [2.24, 2.45) is 0 Å². The number of ether oxygens (including phenoxy) is 1. The molecule has 0 aromatic heterocycles. The molecule has 0 heterocycles. The van der Waals surface area contributed by atoms with Crippen molar-refractivity contribution >= 4 is 28.2 Å². The molecule has 0 unspecified atom stereocenters. The monoisotopic (exact) mass is 304 g/mol. The van der Waals surface area contributed by atoms with Gasteiger partial charge in [0.2, 0.25) is 0 Å². The molecule has 0 radical (unpaired) electrons. The van der Waals surface area contributed by atoms with E-state index in [2.05, 4.69) is 15.9 Å². The van der Waals surface area contributed by atoms with Gasteiger partial charge in [0.1, 0.15) is 12.0 Å². The highest BCUT2D eigenvalue weighted by molar-refractivity contribution is 9.10. The Morgan fingerprint density at radius 2 is 1.72 bits per heavy atom. The third-order valence-electron chi connectivity index (χ3n) is 2.32. The molecule has 0 saturated heterocycles. The van der Waals surface area contributed by atoms with Crippen molar-refractivity contribution in [3.63, 3.8) is 0 Å². The van der Waals surface area contributed by atoms with Gasteiger partial charge >= 0.3 is 5.97 Å². The molecule has 2 rings (SSSR count). The smallest absolute Gasteiger partial charge is 0.344 e. The van der Waals surface area contributed by atoms with Crippen LogP contribution in [0.5, 0.6) is 5.75 Å². The van der Waals surface area contributed by atoms with E-state index in [-0.39, 0.29) is 0 Å². The number of carbonyl (C=O) groups is 2. The molecule has 18 heavy (non-hydrogen) atoms. The highest BCUT2D eigenvalue weighted by atomic mass is 79.9. The van der Waals surface area contributed by atoms with Gasteiger partial charge in [-0.3, -0.25) is 4.79 Å². The van der Waals surface area contributed by atoms with Gasteiger partial charge in [0.15, 0.2) is 0 Å². The maximum atomic E-state index is 11.9. The molecule has 90 valence electrons. The first-order valence-corrected chi connectivity index (χ1v) is 6.02. The lowest BCUT2D eigenvalue weighted by Crippen LogP contribution is -2.09. The molecular formula is C14H9BrO3. The van der Waals surface area contributed by atoms with Crippen LogP contribution >= 0.6 is 15.9 Å². The second kappa shape index (κ2) is 5.60. The fourth-order valence-electron chi connectivity index (χ4n) is 1.40. The third kappa shape index (κ3) is 2.84. The summed E-state index contributed by atoms with van der Waals surface area (Å²) in [6, 6.07) is 13.4. The van der Waals surface area contributed by atoms with Crippen LogP contribution in [0.4, 0.5) is 0 Å². The number of benzene rings is 2. The predicted molar refractivity (Wildman–Crippen MR) is 70.9 cm³/mol. The van der Waals surface area contributed by atoms with Crippen LogP contribution in [-0.2, 0) is 0 Å². The second-order valence-electron chi connectivity index (χ2n) is 3.56. The van der Waals surface area contributed by atoms with E-state index in [4.69, 9.17) is 4.74 Å². The van der Waals surface area contributed by atoms with E-state index in [1.807, 2.05) is 6.07 Å². The van der Waals surface area contributed by atoms with Crippen LogP contribution in [0.25, 0.3) is 0 Å². The lowest BCUT2D eigenvalue weighted by atomic mass is 10.2. The van der Waals surface area contributed by atoms with Gasteiger partial charge in [0.05, 0.1) is 5.56 Å². The van der Waals surface area contributed by atoms with E-state index in [0.717, 1.165) is 6.29 Å². The minimum atomic E-state index is -0.443. The van der Waals surface area contributed by atoms with Crippen LogP contribution in [0, 0.1) is 0 Å². The van der Waals surface area contributed by atoms with Crippen molar-refractivity contribution in [1.82, 2.24) is 0 Å². The van der Waals surface area contributed by atoms with Crippen molar-refractivity contribution in [1.29, 1.82) is 0 Å². The van der Waals surface area contributed by atoms with Gasteiger partial charge in [0.25, 0.3) is 0 Å². The average molecular weight is 305 g/mol. The Kier molecular flexibility index (Phi) is 3.89. The Morgan fingerprint density at radius 1 is 1.06 bits per heavy atom. The van der Waals surface area contributed by atoms with E-state index in [0.29, 0.717) is 21.3 Å². The molecule has 4 heteroatoms. The summed E-state index contributed by atoms with van der Waals surface area (Å²) in [5, 5.41) is 0. The Balaban J connectivity index is 2.16. The summed E-state index contributed by atoms with van der Waals surface area (Å²) >= 11 is 3.29. The van der Waals surface area contributed by atoms with Gasteiger partial charge in [-0.2, -0.15) is 0 Å². The summed E-state index contributed by atoms with van der Waals surface area (Å²) in [6.45, 7) is 0. The molecule has 0 fully saturated rings. The Hall–Kier alpha value is -1.94. The molecule has 0 aliphatic carbocycles. The Bertz CT molecular complexity index is 576. The van der Waals surface area contributed by atoms with Crippen LogP contribution in [0.1, 0.15) is 20.7 Å². The lowest BCUT2D eigenvalue weighted by Gasteiger charge is -2.05. The zero-order chi connectivity index (χ0) is 13.0. The fourth-order valence-corrected chi connectivity index (χ4v) is 1.85. The average Bonchev–Trinajstić information content (AvgIpc) is 2.40. The van der Waals surface area contributed by atoms with Crippen LogP contribution < -0.4 is 4.74 Å². The molecule has 3 nitrogen and oxygen atoms in total. The number of carbonyl (C=O) groups excluding carboxylic acids is 2. The summed E-state index contributed by atoms with van der Waals surface area (Å²) < 4.78 is 5.88. The Labute approximate surface area is 113 Å². The summed E-state index contributed by atoms with van der Waals surface area (Å²) in [7, 11) is 0. The number of halogens is 1. The minimum absolute atomic E-state index is 0.404. The zero-order valence-electron chi connectivity index (χ0n) is 9.30. The number of hydrogen-bond acceptors (Lipinski definition) is 3. The largest absolute Gasteiger partial charge is 0.423 e. The van der Waals surface area contributed by atoms with Crippen molar-refractivity contribution in [3.05, 3.63) is 64.1 Å². The maximum Gasteiger partial charge on any atom is 0.344 e. The van der Waals surface area contributed by atoms with Crippen LogP contribution in [0.3, 0.4) is 0 Å². The van der Waals surface area contributed by atoms with Crippen molar-refractivity contribution in [3.8, 4) is 5.75 Å². The molecule has 2 aromatic rings. The van der Waals surface area contributed by atoms with E-state index in [1.165, 1.54) is 0 Å². The van der Waals surface area contributed by atoms with Crippen LogP contribution in [0.15, 0.2) is 53.0 Å². The summed E-state index contributed by atoms with van der Waals surface area (Å²) in [5.74, 6) is -0.0392. The molecule has 0 saturated carbocycles. The molecule has 0 aliphatic rings. The van der Waals surface area contributed by atoms with Crippen molar-refractivity contribution < 1.29 is 14.3 Å². The van der Waals surface area contributed by atoms with Crippen LogP contribution in [-0.4, -0.2) is 12.3 Å². The van der Waals surface area contributed by atoms with Gasteiger partial charge in [-0.1, -0.05) is 12.1 Å². The van der Waals surface area contributed by atoms with E-state index in [1.54, 1.807) is 42.5 Å². The topological polar surface area (TPSA) is 43.4 Å². The minimum Gasteiger partial charge on any atom is -0.423 e. The standard InChI is InChI=1S/C14H9BrO3/c15-13-4-2-1-3-12(13)14(17)18-11-7-5-10(9-16)6-8-11/h1-9H. The summed E-state index contributed by atoms with van der Waals surface area (Å²) in [5.41, 5.74) is 0.993. The van der Waals surface area contributed by atoms with E-state index < -0.39 is 5.97 Å². The van der Waals surface area contributed by atoms with Gasteiger partial charge < -0.3 is 4.74 Å². The van der Waals surface area contributed by atoms with Crippen molar-refractivity contribution in [2.45, 2.75) is 0 Å². The first-order valence-electron chi connectivity index (χ1n) is 5.22. The maximum absolute atomic E-state index is 11.9. The highest BCUT2D eigenvalue weighted by Gasteiger charge is 2.11. The molecule has 0 atom stereocenters. The van der Waals surface area contributed by atoms with Gasteiger partial charge in [0, 0.05) is 10.0 Å².